The number of rotatable bonds is 5. The van der Waals surface area contributed by atoms with E-state index in [9.17, 15) is 0 Å². The highest BCUT2D eigenvalue weighted by Crippen LogP contribution is 2.50. The van der Waals surface area contributed by atoms with Crippen molar-refractivity contribution in [3.63, 3.8) is 0 Å². The van der Waals surface area contributed by atoms with Gasteiger partial charge in [-0.1, -0.05) is 78.0 Å². The van der Waals surface area contributed by atoms with E-state index in [0.717, 1.165) is 9.80 Å². The lowest BCUT2D eigenvalue weighted by Crippen LogP contribution is -2.28. The first-order valence-electron chi connectivity index (χ1n) is 10.6. The Balaban J connectivity index is 1.35. The summed E-state index contributed by atoms with van der Waals surface area (Å²) >= 11 is 13.8. The molecule has 0 atom stereocenters. The maximum absolute atomic E-state index is 6.25. The van der Waals surface area contributed by atoms with Gasteiger partial charge in [0.05, 0.1) is 5.02 Å². The minimum absolute atomic E-state index is 0.331. The van der Waals surface area contributed by atoms with Crippen LogP contribution in [0.15, 0.2) is 76.7 Å². The van der Waals surface area contributed by atoms with Crippen molar-refractivity contribution in [1.29, 1.82) is 0 Å². The Kier molecular flexibility index (Phi) is 6.77. The van der Waals surface area contributed by atoms with E-state index in [0.29, 0.717) is 21.5 Å². The third-order valence-electron chi connectivity index (χ3n) is 6.61. The first-order valence-corrected chi connectivity index (χ1v) is 12.1. The van der Waals surface area contributed by atoms with Gasteiger partial charge in [0, 0.05) is 16.0 Å². The molecule has 0 N–H and O–H groups in total. The van der Waals surface area contributed by atoms with Crippen LogP contribution in [0.2, 0.25) is 10.2 Å². The smallest absolute Gasteiger partial charge is 0.148 e. The molecular weight excluding hydrogens is 429 g/mol. The van der Waals surface area contributed by atoms with Gasteiger partial charge in [-0.2, -0.15) is 0 Å². The zero-order chi connectivity index (χ0) is 21.1. The van der Waals surface area contributed by atoms with Crippen molar-refractivity contribution < 1.29 is 0 Å². The van der Waals surface area contributed by atoms with Crippen LogP contribution < -0.4 is 0 Å². The molecule has 156 valence electrons. The van der Waals surface area contributed by atoms with Crippen molar-refractivity contribution >= 4 is 35.0 Å². The molecule has 1 spiro atoms. The van der Waals surface area contributed by atoms with Gasteiger partial charge in [0.2, 0.25) is 0 Å². The number of benzene rings is 1. The van der Waals surface area contributed by atoms with Crippen LogP contribution in [0.5, 0.6) is 0 Å². The van der Waals surface area contributed by atoms with Gasteiger partial charge in [0.15, 0.2) is 0 Å². The number of nitrogens with zero attached hydrogens (tertiary/aromatic N) is 1. The van der Waals surface area contributed by atoms with Gasteiger partial charge >= 0.3 is 0 Å². The van der Waals surface area contributed by atoms with Crippen LogP contribution >= 0.6 is 35.0 Å². The number of hydrogen-bond acceptors (Lipinski definition) is 2. The maximum atomic E-state index is 6.25. The third kappa shape index (κ3) is 4.72. The first kappa shape index (κ1) is 21.7. The minimum Gasteiger partial charge on any atom is -0.243 e. The highest BCUT2D eigenvalue weighted by atomic mass is 35.5. The fourth-order valence-electron chi connectivity index (χ4n) is 5.00. The Morgan fingerprint density at radius 1 is 1.10 bits per heavy atom. The van der Waals surface area contributed by atoms with Crippen LogP contribution in [0.4, 0.5) is 0 Å². The van der Waals surface area contributed by atoms with Crippen LogP contribution in [0, 0.1) is 11.3 Å². The van der Waals surface area contributed by atoms with Crippen LogP contribution in [0.1, 0.15) is 43.7 Å². The summed E-state index contributed by atoms with van der Waals surface area (Å²) in [6.45, 7) is 6.32. The van der Waals surface area contributed by atoms with Crippen molar-refractivity contribution in [3.05, 3.63) is 93.1 Å². The van der Waals surface area contributed by atoms with E-state index in [1.54, 1.807) is 17.3 Å². The van der Waals surface area contributed by atoms with Gasteiger partial charge in [0.25, 0.3) is 0 Å². The predicted octanol–water partition coefficient (Wildman–Crippen LogP) is 8.47. The zero-order valence-electron chi connectivity index (χ0n) is 17.3. The van der Waals surface area contributed by atoms with Crippen molar-refractivity contribution in [1.82, 2.24) is 4.98 Å². The highest BCUT2D eigenvalue weighted by molar-refractivity contribution is 8.03. The average Bonchev–Trinajstić information content (AvgIpc) is 3.11. The molecule has 0 unspecified atom stereocenters. The SMILES string of the molecule is C=C(/C=C\C(=C/C)C1CCC2(CC1)Cc1ccccc1C2)Sc1ccnc(Cl)c1Cl. The topological polar surface area (TPSA) is 12.9 Å². The summed E-state index contributed by atoms with van der Waals surface area (Å²) in [5.74, 6) is 0.636. The van der Waals surface area contributed by atoms with Gasteiger partial charge < -0.3 is 0 Å². The molecule has 1 aromatic heterocycles. The first-order chi connectivity index (χ1) is 14.5. The molecule has 1 nitrogen and oxygen atoms in total. The van der Waals surface area contributed by atoms with E-state index in [4.69, 9.17) is 23.2 Å². The minimum atomic E-state index is 0.331. The van der Waals surface area contributed by atoms with E-state index >= 15 is 0 Å². The van der Waals surface area contributed by atoms with Crippen LogP contribution in [0.3, 0.4) is 0 Å². The van der Waals surface area contributed by atoms with E-state index in [1.165, 1.54) is 55.9 Å². The van der Waals surface area contributed by atoms with E-state index < -0.39 is 0 Å². The summed E-state index contributed by atoms with van der Waals surface area (Å²) in [6, 6.07) is 10.9. The summed E-state index contributed by atoms with van der Waals surface area (Å²) in [4.78, 5) is 5.83. The molecule has 1 saturated carbocycles. The Morgan fingerprint density at radius 3 is 2.40 bits per heavy atom. The van der Waals surface area contributed by atoms with Crippen LogP contribution in [0.25, 0.3) is 0 Å². The number of aromatic nitrogens is 1. The van der Waals surface area contributed by atoms with Crippen molar-refractivity contribution in [2.75, 3.05) is 0 Å². The number of halogens is 2. The molecular formula is C26H27Cl2NS. The molecule has 0 saturated heterocycles. The van der Waals surface area contributed by atoms with Gasteiger partial charge in [-0.3, -0.25) is 0 Å². The number of thioether (sulfide) groups is 1. The van der Waals surface area contributed by atoms with Gasteiger partial charge in [-0.15, -0.1) is 0 Å². The number of fused-ring (bicyclic) bond motifs is 1. The van der Waals surface area contributed by atoms with E-state index in [-0.39, 0.29) is 0 Å². The van der Waals surface area contributed by atoms with Gasteiger partial charge in [-0.05, 0) is 85.6 Å². The number of hydrogen-bond donors (Lipinski definition) is 0. The predicted molar refractivity (Wildman–Crippen MR) is 130 cm³/mol. The Morgan fingerprint density at radius 2 is 1.77 bits per heavy atom. The normalized spacial score (nSPS) is 18.8. The second-order valence-corrected chi connectivity index (χ2v) is 10.4. The summed E-state index contributed by atoms with van der Waals surface area (Å²) in [6.07, 6.45) is 16.0. The molecule has 4 heteroatoms. The second kappa shape index (κ2) is 9.34. The number of allylic oxidation sites excluding steroid dienone is 4. The molecule has 0 radical (unpaired) electrons. The van der Waals surface area contributed by atoms with Gasteiger partial charge in [0.1, 0.15) is 5.15 Å². The molecule has 0 aliphatic heterocycles. The zero-order valence-corrected chi connectivity index (χ0v) is 19.7. The molecule has 1 fully saturated rings. The molecule has 2 aliphatic carbocycles. The molecule has 0 bridgehead atoms. The molecule has 4 rings (SSSR count). The lowest BCUT2D eigenvalue weighted by molar-refractivity contribution is 0.174. The van der Waals surface area contributed by atoms with E-state index in [1.807, 2.05) is 6.07 Å². The second-order valence-electron chi connectivity index (χ2n) is 8.50. The molecule has 2 aliphatic rings. The fourth-order valence-corrected chi connectivity index (χ4v) is 6.18. The Labute approximate surface area is 194 Å². The van der Waals surface area contributed by atoms with Gasteiger partial charge in [-0.25, -0.2) is 4.98 Å². The summed E-state index contributed by atoms with van der Waals surface area (Å²) in [7, 11) is 0. The standard InChI is InChI=1S/C26H27Cl2NS/c1-3-19(9-8-18(2)30-23-12-15-29-25(28)24(23)27)20-10-13-26(14-11-20)16-21-6-4-5-7-22(21)17-26/h3-9,12,15,20H,2,10-11,13-14,16-17H2,1H3/b9-8-,19-3+. The van der Waals surface area contributed by atoms with Crippen LogP contribution in [-0.2, 0) is 12.8 Å². The molecule has 2 aromatic rings. The Hall–Kier alpha value is -1.48. The quantitative estimate of drug-likeness (QED) is 0.254. The fraction of sp³-hybridized carbons (Fsp3) is 0.346. The lowest BCUT2D eigenvalue weighted by atomic mass is 9.67. The largest absolute Gasteiger partial charge is 0.243 e. The average molecular weight is 456 g/mol. The maximum Gasteiger partial charge on any atom is 0.148 e. The van der Waals surface area contributed by atoms with Crippen LogP contribution in [-0.4, -0.2) is 4.98 Å². The number of pyridine rings is 1. The summed E-state index contributed by atoms with van der Waals surface area (Å²) in [5, 5.41) is 0.817. The van der Waals surface area contributed by atoms with Crippen molar-refractivity contribution in [2.24, 2.45) is 11.3 Å². The Bertz CT molecular complexity index is 973. The monoisotopic (exact) mass is 455 g/mol. The molecule has 1 aromatic carbocycles. The molecule has 0 amide bonds. The third-order valence-corrected chi connectivity index (χ3v) is 8.45. The highest BCUT2D eigenvalue weighted by Gasteiger charge is 2.40. The molecule has 1 heterocycles. The summed E-state index contributed by atoms with van der Waals surface area (Å²) in [5.41, 5.74) is 5.07. The van der Waals surface area contributed by atoms with Crippen molar-refractivity contribution in [2.45, 2.75) is 50.3 Å². The van der Waals surface area contributed by atoms with Crippen molar-refractivity contribution in [3.8, 4) is 0 Å². The molecule has 30 heavy (non-hydrogen) atoms. The van der Waals surface area contributed by atoms with E-state index in [2.05, 4.69) is 61.0 Å². The lowest BCUT2D eigenvalue weighted by Gasteiger charge is -2.38. The summed E-state index contributed by atoms with van der Waals surface area (Å²) < 4.78 is 0.